The Balaban J connectivity index is 1.73. The smallest absolute Gasteiger partial charge is 0.213 e. The maximum atomic E-state index is 11.9. The highest BCUT2D eigenvalue weighted by atomic mass is 32.2. The Morgan fingerprint density at radius 1 is 1.40 bits per heavy atom. The van der Waals surface area contributed by atoms with Crippen LogP contribution in [-0.4, -0.2) is 62.1 Å². The Hall–Kier alpha value is -1.19. The number of nitrogens with one attached hydrogen (secondary N) is 2. The standard InChI is InChI=1S/C16H29N5O2S2/c1-4-14-12-19-15(24-14)6-9-18-16(17-3)20-13-7-10-21(11-8-13)25(22,23)5-2/h12-13H,4-11H2,1-3H3,(H2,17,18,20). The van der Waals surface area contributed by atoms with Crippen molar-refractivity contribution in [2.24, 2.45) is 4.99 Å². The third-order valence-corrected chi connectivity index (χ3v) is 7.44. The fourth-order valence-electron chi connectivity index (χ4n) is 2.76. The Labute approximate surface area is 155 Å². The molecule has 25 heavy (non-hydrogen) atoms. The number of piperidine rings is 1. The monoisotopic (exact) mass is 387 g/mol. The van der Waals surface area contributed by atoms with Crippen LogP contribution in [-0.2, 0) is 22.9 Å². The lowest BCUT2D eigenvalue weighted by molar-refractivity contribution is 0.306. The molecular weight excluding hydrogens is 358 g/mol. The lowest BCUT2D eigenvalue weighted by Gasteiger charge is -2.32. The third kappa shape index (κ3) is 5.93. The van der Waals surface area contributed by atoms with E-state index in [1.165, 1.54) is 4.88 Å². The van der Waals surface area contributed by atoms with Gasteiger partial charge in [0.05, 0.1) is 10.8 Å². The van der Waals surface area contributed by atoms with E-state index in [9.17, 15) is 8.42 Å². The maximum absolute atomic E-state index is 11.9. The number of guanidine groups is 1. The van der Waals surface area contributed by atoms with Crippen LogP contribution in [0.15, 0.2) is 11.2 Å². The molecule has 0 unspecified atom stereocenters. The molecule has 2 rings (SSSR count). The van der Waals surface area contributed by atoms with E-state index in [0.29, 0.717) is 13.1 Å². The average molecular weight is 388 g/mol. The number of aromatic nitrogens is 1. The van der Waals surface area contributed by atoms with Gasteiger partial charge in [0.1, 0.15) is 0 Å². The summed E-state index contributed by atoms with van der Waals surface area (Å²) in [6.07, 6.45) is 5.45. The second kappa shape index (κ2) is 9.49. The number of aliphatic imine (C=N–C) groups is 1. The van der Waals surface area contributed by atoms with Crippen molar-refractivity contribution in [3.8, 4) is 0 Å². The first-order valence-electron chi connectivity index (χ1n) is 8.87. The van der Waals surface area contributed by atoms with Gasteiger partial charge in [0.2, 0.25) is 10.0 Å². The molecule has 2 heterocycles. The topological polar surface area (TPSA) is 86.7 Å². The van der Waals surface area contributed by atoms with Crippen molar-refractivity contribution in [3.05, 3.63) is 16.1 Å². The summed E-state index contributed by atoms with van der Waals surface area (Å²) in [6.45, 7) is 5.75. The lowest BCUT2D eigenvalue weighted by atomic mass is 10.1. The third-order valence-electron chi connectivity index (χ3n) is 4.36. The number of sulfonamides is 1. The summed E-state index contributed by atoms with van der Waals surface area (Å²) in [5, 5.41) is 7.85. The number of thiazole rings is 1. The molecule has 0 aromatic carbocycles. The van der Waals surface area contributed by atoms with Crippen LogP contribution < -0.4 is 10.6 Å². The molecule has 9 heteroatoms. The second-order valence-electron chi connectivity index (χ2n) is 6.04. The zero-order chi connectivity index (χ0) is 18.3. The highest BCUT2D eigenvalue weighted by molar-refractivity contribution is 7.89. The fraction of sp³-hybridized carbons (Fsp3) is 0.750. The van der Waals surface area contributed by atoms with Crippen LogP contribution in [0.4, 0.5) is 0 Å². The van der Waals surface area contributed by atoms with Crippen molar-refractivity contribution in [1.29, 1.82) is 0 Å². The molecule has 1 aliphatic rings. The summed E-state index contributed by atoms with van der Waals surface area (Å²) in [6, 6.07) is 0.251. The molecule has 142 valence electrons. The summed E-state index contributed by atoms with van der Waals surface area (Å²) in [5.41, 5.74) is 0. The highest BCUT2D eigenvalue weighted by Crippen LogP contribution is 2.15. The second-order valence-corrected chi connectivity index (χ2v) is 9.50. The molecule has 1 saturated heterocycles. The fourth-order valence-corrected chi connectivity index (χ4v) is 4.76. The molecular formula is C16H29N5O2S2. The zero-order valence-corrected chi connectivity index (χ0v) is 16.9. The number of nitrogens with zero attached hydrogens (tertiary/aromatic N) is 3. The quantitative estimate of drug-likeness (QED) is 0.543. The molecule has 1 fully saturated rings. The van der Waals surface area contributed by atoms with Gasteiger partial charge in [0, 0.05) is 50.2 Å². The first kappa shape index (κ1) is 20.1. The summed E-state index contributed by atoms with van der Waals surface area (Å²) < 4.78 is 25.4. The van der Waals surface area contributed by atoms with E-state index in [0.717, 1.165) is 43.2 Å². The minimum atomic E-state index is -3.07. The van der Waals surface area contributed by atoms with Crippen LogP contribution in [0, 0.1) is 0 Å². The van der Waals surface area contributed by atoms with Gasteiger partial charge in [0.15, 0.2) is 5.96 Å². The SMILES string of the molecule is CCc1cnc(CCNC(=NC)NC2CCN(S(=O)(=O)CC)CC2)s1. The van der Waals surface area contributed by atoms with Crippen LogP contribution in [0.5, 0.6) is 0 Å². The molecule has 1 aromatic rings. The number of aryl methyl sites for hydroxylation is 1. The van der Waals surface area contributed by atoms with Crippen LogP contribution in [0.1, 0.15) is 36.6 Å². The van der Waals surface area contributed by atoms with E-state index in [1.807, 2.05) is 6.20 Å². The van der Waals surface area contributed by atoms with E-state index in [1.54, 1.807) is 29.6 Å². The first-order valence-corrected chi connectivity index (χ1v) is 11.3. The van der Waals surface area contributed by atoms with Gasteiger partial charge >= 0.3 is 0 Å². The van der Waals surface area contributed by atoms with Crippen LogP contribution in [0.2, 0.25) is 0 Å². The molecule has 2 N–H and O–H groups in total. The molecule has 0 bridgehead atoms. The Bertz CT molecular complexity index is 664. The van der Waals surface area contributed by atoms with Crippen molar-refractivity contribution in [2.75, 3.05) is 32.4 Å². The molecule has 1 aromatic heterocycles. The van der Waals surface area contributed by atoms with Crippen molar-refractivity contribution >= 4 is 27.3 Å². The molecule has 1 aliphatic heterocycles. The largest absolute Gasteiger partial charge is 0.356 e. The first-order chi connectivity index (χ1) is 12.0. The molecule has 0 amide bonds. The highest BCUT2D eigenvalue weighted by Gasteiger charge is 2.26. The van der Waals surface area contributed by atoms with Gasteiger partial charge in [-0.2, -0.15) is 0 Å². The summed E-state index contributed by atoms with van der Waals surface area (Å²) in [7, 11) is -1.32. The van der Waals surface area contributed by atoms with Gasteiger partial charge in [-0.15, -0.1) is 11.3 Å². The van der Waals surface area contributed by atoms with Crippen LogP contribution in [0.25, 0.3) is 0 Å². The summed E-state index contributed by atoms with van der Waals surface area (Å²) >= 11 is 1.76. The summed E-state index contributed by atoms with van der Waals surface area (Å²) in [4.78, 5) is 10.00. The van der Waals surface area contributed by atoms with Gasteiger partial charge in [-0.05, 0) is 26.2 Å². The normalized spacial score (nSPS) is 17.6. The van der Waals surface area contributed by atoms with Crippen LogP contribution >= 0.6 is 11.3 Å². The Morgan fingerprint density at radius 2 is 2.12 bits per heavy atom. The number of hydrogen-bond acceptors (Lipinski definition) is 5. The number of hydrogen-bond donors (Lipinski definition) is 2. The molecule has 0 aliphatic carbocycles. The minimum absolute atomic E-state index is 0.171. The van der Waals surface area contributed by atoms with Crippen molar-refractivity contribution in [2.45, 2.75) is 45.6 Å². The van der Waals surface area contributed by atoms with E-state index < -0.39 is 10.0 Å². The molecule has 0 saturated carbocycles. The van der Waals surface area contributed by atoms with Gasteiger partial charge < -0.3 is 10.6 Å². The van der Waals surface area contributed by atoms with Crippen molar-refractivity contribution in [3.63, 3.8) is 0 Å². The van der Waals surface area contributed by atoms with E-state index in [4.69, 9.17) is 0 Å². The van der Waals surface area contributed by atoms with Crippen molar-refractivity contribution in [1.82, 2.24) is 19.9 Å². The molecule has 0 spiro atoms. The van der Waals surface area contributed by atoms with Gasteiger partial charge in [-0.1, -0.05) is 6.92 Å². The predicted molar refractivity (Wildman–Crippen MR) is 104 cm³/mol. The predicted octanol–water partition coefficient (Wildman–Crippen LogP) is 1.23. The van der Waals surface area contributed by atoms with Gasteiger partial charge in [0.25, 0.3) is 0 Å². The zero-order valence-electron chi connectivity index (χ0n) is 15.3. The van der Waals surface area contributed by atoms with E-state index >= 15 is 0 Å². The van der Waals surface area contributed by atoms with Crippen molar-refractivity contribution < 1.29 is 8.42 Å². The van der Waals surface area contributed by atoms with E-state index in [-0.39, 0.29) is 11.8 Å². The average Bonchev–Trinajstić information content (AvgIpc) is 3.09. The van der Waals surface area contributed by atoms with E-state index in [2.05, 4.69) is 27.5 Å². The maximum Gasteiger partial charge on any atom is 0.213 e. The summed E-state index contributed by atoms with van der Waals surface area (Å²) in [5.74, 6) is 0.939. The molecule has 0 atom stereocenters. The van der Waals surface area contributed by atoms with Gasteiger partial charge in [-0.25, -0.2) is 17.7 Å². The Morgan fingerprint density at radius 3 is 2.68 bits per heavy atom. The molecule has 0 radical (unpaired) electrons. The van der Waals surface area contributed by atoms with Gasteiger partial charge in [-0.3, -0.25) is 4.99 Å². The lowest BCUT2D eigenvalue weighted by Crippen LogP contribution is -2.50. The Kier molecular flexibility index (Phi) is 7.64. The number of rotatable bonds is 7. The molecule has 7 nitrogen and oxygen atoms in total. The van der Waals surface area contributed by atoms with Crippen LogP contribution in [0.3, 0.4) is 0 Å². The minimum Gasteiger partial charge on any atom is -0.356 e.